The van der Waals surface area contributed by atoms with Crippen LogP contribution in [0.4, 0.5) is 0 Å². The first-order valence-corrected chi connectivity index (χ1v) is 11.1. The van der Waals surface area contributed by atoms with E-state index in [1.165, 1.54) is 11.1 Å². The Morgan fingerprint density at radius 2 is 1.36 bits per heavy atom. The predicted octanol–water partition coefficient (Wildman–Crippen LogP) is 2.10. The van der Waals surface area contributed by atoms with Crippen molar-refractivity contribution in [2.24, 2.45) is 0 Å². The number of hydrogen-bond acceptors (Lipinski definition) is 7. The molecular formula is C25H21N9O2. The summed E-state index contributed by atoms with van der Waals surface area (Å²) < 4.78 is 1.69. The Morgan fingerprint density at radius 3 is 1.94 bits per heavy atom. The van der Waals surface area contributed by atoms with E-state index in [1.54, 1.807) is 47.4 Å². The van der Waals surface area contributed by atoms with E-state index in [1.807, 2.05) is 42.5 Å². The number of rotatable bonds is 7. The first-order valence-electron chi connectivity index (χ1n) is 11.1. The molecule has 0 saturated carbocycles. The molecule has 36 heavy (non-hydrogen) atoms. The minimum atomic E-state index is -0.428. The molecule has 2 amide bonds. The zero-order valence-corrected chi connectivity index (χ0v) is 19.0. The number of aromatic nitrogens is 7. The molecule has 0 fully saturated rings. The molecule has 2 aromatic heterocycles. The van der Waals surface area contributed by atoms with Gasteiger partial charge < -0.3 is 0 Å². The third-order valence-corrected chi connectivity index (χ3v) is 5.34. The molecule has 5 rings (SSSR count). The first kappa shape index (κ1) is 22.6. The summed E-state index contributed by atoms with van der Waals surface area (Å²) >= 11 is 0. The summed E-state index contributed by atoms with van der Waals surface area (Å²) in [6, 6.07) is 23.6. The van der Waals surface area contributed by atoms with Crippen LogP contribution < -0.4 is 10.9 Å². The smallest absolute Gasteiger partial charge is 0.267 e. The fraction of sp³-hybridized carbons (Fsp3) is 0.0800. The van der Waals surface area contributed by atoms with Gasteiger partial charge in [0.2, 0.25) is 5.82 Å². The Labute approximate surface area is 205 Å². The Morgan fingerprint density at radius 1 is 0.750 bits per heavy atom. The zero-order valence-electron chi connectivity index (χ0n) is 19.0. The number of hydrogen-bond donors (Lipinski definition) is 2. The van der Waals surface area contributed by atoms with Gasteiger partial charge in [0, 0.05) is 16.7 Å². The van der Waals surface area contributed by atoms with Crippen LogP contribution in [0.25, 0.3) is 11.4 Å². The van der Waals surface area contributed by atoms with Crippen molar-refractivity contribution < 1.29 is 9.59 Å². The number of amides is 2. The van der Waals surface area contributed by atoms with E-state index in [4.69, 9.17) is 0 Å². The maximum Gasteiger partial charge on any atom is 0.269 e. The number of benzene rings is 3. The molecular weight excluding hydrogens is 458 g/mol. The highest BCUT2D eigenvalue weighted by Gasteiger charge is 2.11. The molecule has 2 N–H and O–H groups in total. The van der Waals surface area contributed by atoms with E-state index in [0.29, 0.717) is 30.0 Å². The molecule has 5 aromatic rings. The van der Waals surface area contributed by atoms with E-state index in [-0.39, 0.29) is 0 Å². The van der Waals surface area contributed by atoms with Crippen LogP contribution in [0.2, 0.25) is 0 Å². The number of nitrogens with one attached hydrogen (secondary N) is 2. The fourth-order valence-electron chi connectivity index (χ4n) is 3.46. The summed E-state index contributed by atoms with van der Waals surface area (Å²) in [5.41, 5.74) is 8.46. The number of carbonyl (C=O) groups excluding carboxylic acids is 2. The normalized spacial score (nSPS) is 10.7. The molecule has 0 aliphatic rings. The van der Waals surface area contributed by atoms with Crippen LogP contribution in [-0.2, 0) is 13.1 Å². The van der Waals surface area contributed by atoms with Crippen molar-refractivity contribution in [2.75, 3.05) is 0 Å². The van der Waals surface area contributed by atoms with Crippen molar-refractivity contribution in [3.05, 3.63) is 114 Å². The first-order chi connectivity index (χ1) is 17.6. The van der Waals surface area contributed by atoms with Crippen LogP contribution in [0.5, 0.6) is 0 Å². The van der Waals surface area contributed by atoms with Gasteiger partial charge in [0.15, 0.2) is 0 Å². The SMILES string of the molecule is O=C(NNC(=O)c1ccc(Cn2nnc(-c3ccccc3)n2)cc1)c1ccc(Cn2cncn2)cc1. The fourth-order valence-corrected chi connectivity index (χ4v) is 3.46. The van der Waals surface area contributed by atoms with Gasteiger partial charge in [0.1, 0.15) is 12.7 Å². The standard InChI is InChI=1S/C25H21N9O2/c35-24(21-10-6-18(7-11-21)14-33-17-26-16-27-33)29-30-25(36)22-12-8-19(9-13-22)15-34-31-23(28-32-34)20-4-2-1-3-5-20/h1-13,16-17H,14-15H2,(H,29,35)(H,30,36). The monoisotopic (exact) mass is 479 g/mol. The molecule has 0 saturated heterocycles. The highest BCUT2D eigenvalue weighted by atomic mass is 16.2. The van der Waals surface area contributed by atoms with Crippen LogP contribution in [0.3, 0.4) is 0 Å². The molecule has 0 unspecified atom stereocenters. The summed E-state index contributed by atoms with van der Waals surface area (Å²) in [5.74, 6) is -0.297. The largest absolute Gasteiger partial charge is 0.269 e. The topological polar surface area (TPSA) is 133 Å². The maximum absolute atomic E-state index is 12.5. The number of carbonyl (C=O) groups is 2. The molecule has 0 aliphatic heterocycles. The van der Waals surface area contributed by atoms with Crippen molar-refractivity contribution >= 4 is 11.8 Å². The molecule has 11 nitrogen and oxygen atoms in total. The van der Waals surface area contributed by atoms with Gasteiger partial charge in [-0.3, -0.25) is 20.4 Å². The molecule has 178 valence electrons. The molecule has 0 spiro atoms. The summed E-state index contributed by atoms with van der Waals surface area (Å²) in [6.45, 7) is 0.959. The third-order valence-electron chi connectivity index (χ3n) is 5.34. The van der Waals surface area contributed by atoms with Gasteiger partial charge in [-0.25, -0.2) is 9.67 Å². The molecule has 0 radical (unpaired) electrons. The molecule has 3 aromatic carbocycles. The molecule has 11 heteroatoms. The van der Waals surface area contributed by atoms with Crippen molar-refractivity contribution in [1.29, 1.82) is 0 Å². The van der Waals surface area contributed by atoms with E-state index >= 15 is 0 Å². The van der Waals surface area contributed by atoms with Gasteiger partial charge in [-0.2, -0.15) is 9.90 Å². The second-order valence-corrected chi connectivity index (χ2v) is 7.90. The van der Waals surface area contributed by atoms with E-state index in [2.05, 4.69) is 36.3 Å². The lowest BCUT2D eigenvalue weighted by Crippen LogP contribution is -2.41. The Balaban J connectivity index is 1.13. The van der Waals surface area contributed by atoms with Crippen molar-refractivity contribution in [3.63, 3.8) is 0 Å². The van der Waals surface area contributed by atoms with E-state index in [0.717, 1.165) is 16.7 Å². The Hall–Kier alpha value is -5.19. The minimum Gasteiger partial charge on any atom is -0.267 e. The van der Waals surface area contributed by atoms with E-state index in [9.17, 15) is 9.59 Å². The lowest BCUT2D eigenvalue weighted by molar-refractivity contribution is 0.0846. The van der Waals surface area contributed by atoms with Crippen LogP contribution in [0.15, 0.2) is 91.5 Å². The van der Waals surface area contributed by atoms with E-state index < -0.39 is 11.8 Å². The number of tetrazole rings is 1. The predicted molar refractivity (Wildman–Crippen MR) is 129 cm³/mol. The average Bonchev–Trinajstić information content (AvgIpc) is 3.61. The third kappa shape index (κ3) is 5.47. The second kappa shape index (κ2) is 10.4. The van der Waals surface area contributed by atoms with Gasteiger partial charge in [0.25, 0.3) is 11.8 Å². The van der Waals surface area contributed by atoms with Gasteiger partial charge in [-0.1, -0.05) is 54.6 Å². The van der Waals surface area contributed by atoms with Crippen LogP contribution in [0, 0.1) is 0 Å². The van der Waals surface area contributed by atoms with Crippen molar-refractivity contribution in [2.45, 2.75) is 13.1 Å². The van der Waals surface area contributed by atoms with Crippen molar-refractivity contribution in [1.82, 2.24) is 45.8 Å². The number of nitrogens with zero attached hydrogens (tertiary/aromatic N) is 7. The summed E-state index contributed by atoms with van der Waals surface area (Å²) in [5, 5.41) is 16.6. The van der Waals surface area contributed by atoms with Crippen LogP contribution >= 0.6 is 0 Å². The van der Waals surface area contributed by atoms with Gasteiger partial charge in [-0.05, 0) is 40.6 Å². The molecule has 0 bridgehead atoms. The summed E-state index contributed by atoms with van der Waals surface area (Å²) in [4.78, 5) is 30.3. The van der Waals surface area contributed by atoms with Gasteiger partial charge >= 0.3 is 0 Å². The minimum absolute atomic E-state index is 0.402. The Bertz CT molecular complexity index is 1450. The number of hydrazine groups is 1. The Kier molecular flexibility index (Phi) is 6.52. The quantitative estimate of drug-likeness (QED) is 0.342. The van der Waals surface area contributed by atoms with Crippen LogP contribution in [-0.4, -0.2) is 46.8 Å². The molecule has 2 heterocycles. The van der Waals surface area contributed by atoms with Gasteiger partial charge in [0.05, 0.1) is 13.1 Å². The molecule has 0 atom stereocenters. The molecule has 0 aliphatic carbocycles. The lowest BCUT2D eigenvalue weighted by atomic mass is 10.1. The van der Waals surface area contributed by atoms with Crippen LogP contribution in [0.1, 0.15) is 31.8 Å². The maximum atomic E-state index is 12.5. The average molecular weight is 480 g/mol. The highest BCUT2D eigenvalue weighted by molar-refractivity contribution is 5.99. The van der Waals surface area contributed by atoms with Gasteiger partial charge in [-0.15, -0.1) is 10.2 Å². The lowest BCUT2D eigenvalue weighted by Gasteiger charge is -2.09. The summed E-state index contributed by atoms with van der Waals surface area (Å²) in [6.07, 6.45) is 3.09. The zero-order chi connectivity index (χ0) is 24.7. The highest BCUT2D eigenvalue weighted by Crippen LogP contribution is 2.13. The second-order valence-electron chi connectivity index (χ2n) is 7.90. The van der Waals surface area contributed by atoms with Crippen molar-refractivity contribution in [3.8, 4) is 11.4 Å². The summed E-state index contributed by atoms with van der Waals surface area (Å²) in [7, 11) is 0.